The number of carbonyl (C=O) groups excluding carboxylic acids is 1. The summed E-state index contributed by atoms with van der Waals surface area (Å²) in [7, 11) is 1.83. The van der Waals surface area contributed by atoms with Gasteiger partial charge in [-0.15, -0.1) is 0 Å². The van der Waals surface area contributed by atoms with E-state index in [0.29, 0.717) is 12.1 Å². The van der Waals surface area contributed by atoms with E-state index < -0.39 is 5.60 Å². The first kappa shape index (κ1) is 24.4. The lowest BCUT2D eigenvalue weighted by Gasteiger charge is -2.32. The summed E-state index contributed by atoms with van der Waals surface area (Å²) in [6, 6.07) is 11.8. The fourth-order valence-corrected chi connectivity index (χ4v) is 4.61. The highest BCUT2D eigenvalue weighted by atomic mass is 16.6. The second kappa shape index (κ2) is 11.5. The van der Waals surface area contributed by atoms with E-state index in [1.807, 2.05) is 27.8 Å². The van der Waals surface area contributed by atoms with Crippen LogP contribution in [-0.4, -0.2) is 60.8 Å². The van der Waals surface area contributed by atoms with Crippen molar-refractivity contribution in [1.82, 2.24) is 20.9 Å². The number of carbonyl (C=O) groups is 1. The van der Waals surface area contributed by atoms with E-state index >= 15 is 0 Å². The predicted octanol–water partition coefficient (Wildman–Crippen LogP) is 3.65. The van der Waals surface area contributed by atoms with E-state index in [1.165, 1.54) is 18.4 Å². The first-order valence-electron chi connectivity index (χ1n) is 12.1. The van der Waals surface area contributed by atoms with Crippen molar-refractivity contribution < 1.29 is 9.53 Å². The molecule has 1 aromatic carbocycles. The molecule has 7 heteroatoms. The van der Waals surface area contributed by atoms with Gasteiger partial charge in [-0.3, -0.25) is 9.89 Å². The third-order valence-electron chi connectivity index (χ3n) is 6.25. The summed E-state index contributed by atoms with van der Waals surface area (Å²) in [5.41, 5.74) is 0.912. The maximum Gasteiger partial charge on any atom is 0.407 e. The average Bonchev–Trinajstić information content (AvgIpc) is 3.18. The Hall–Kier alpha value is -2.28. The summed E-state index contributed by atoms with van der Waals surface area (Å²) in [4.78, 5) is 19.0. The molecule has 1 aliphatic heterocycles. The number of alkyl carbamates (subject to hydrolysis) is 1. The molecule has 3 rings (SSSR count). The van der Waals surface area contributed by atoms with Crippen LogP contribution < -0.4 is 16.0 Å². The SMILES string of the molecule is CN=C(NCC1CCCN1Cc1ccccc1)NC1CCC(NC(=O)OC(C)(C)C)CC1. The number of hydrogen-bond acceptors (Lipinski definition) is 4. The van der Waals surface area contributed by atoms with Gasteiger partial charge < -0.3 is 20.7 Å². The molecule has 0 radical (unpaired) electrons. The fraction of sp³-hybridized carbons (Fsp3) is 0.680. The molecule has 1 saturated heterocycles. The molecule has 0 bridgehead atoms. The quantitative estimate of drug-likeness (QED) is 0.462. The van der Waals surface area contributed by atoms with Crippen LogP contribution in [0.4, 0.5) is 4.79 Å². The Balaban J connectivity index is 1.38. The van der Waals surface area contributed by atoms with Crippen molar-refractivity contribution in [3.8, 4) is 0 Å². The summed E-state index contributed by atoms with van der Waals surface area (Å²) >= 11 is 0. The summed E-state index contributed by atoms with van der Waals surface area (Å²) in [6.07, 6.45) is 6.05. The molecule has 0 spiro atoms. The largest absolute Gasteiger partial charge is 0.444 e. The van der Waals surface area contributed by atoms with Gasteiger partial charge in [-0.25, -0.2) is 4.79 Å². The summed E-state index contributed by atoms with van der Waals surface area (Å²) in [6.45, 7) is 8.73. The van der Waals surface area contributed by atoms with Gasteiger partial charge in [-0.1, -0.05) is 30.3 Å². The number of nitrogens with one attached hydrogen (secondary N) is 3. The highest BCUT2D eigenvalue weighted by molar-refractivity contribution is 5.80. The lowest BCUT2D eigenvalue weighted by atomic mass is 9.91. The number of benzene rings is 1. The van der Waals surface area contributed by atoms with Crippen LogP contribution >= 0.6 is 0 Å². The van der Waals surface area contributed by atoms with Crippen molar-refractivity contribution in [3.05, 3.63) is 35.9 Å². The monoisotopic (exact) mass is 443 g/mol. The second-order valence-corrected chi connectivity index (χ2v) is 10.0. The Morgan fingerprint density at radius 2 is 1.72 bits per heavy atom. The zero-order valence-electron chi connectivity index (χ0n) is 20.2. The molecule has 1 atom stereocenters. The van der Waals surface area contributed by atoms with E-state index in [4.69, 9.17) is 4.74 Å². The van der Waals surface area contributed by atoms with Gasteiger partial charge >= 0.3 is 6.09 Å². The normalized spacial score (nSPS) is 24.8. The molecular formula is C25H41N5O2. The van der Waals surface area contributed by atoms with E-state index in [2.05, 4.69) is 56.2 Å². The zero-order chi connectivity index (χ0) is 23.0. The second-order valence-electron chi connectivity index (χ2n) is 10.0. The smallest absolute Gasteiger partial charge is 0.407 e. The lowest BCUT2D eigenvalue weighted by molar-refractivity contribution is 0.0490. The number of nitrogens with zero attached hydrogens (tertiary/aromatic N) is 2. The number of ether oxygens (including phenoxy) is 1. The molecule has 1 aromatic rings. The highest BCUT2D eigenvalue weighted by Crippen LogP contribution is 2.21. The van der Waals surface area contributed by atoms with Crippen LogP contribution in [0.3, 0.4) is 0 Å². The molecule has 1 amide bonds. The topological polar surface area (TPSA) is 78.0 Å². The molecule has 7 nitrogen and oxygen atoms in total. The van der Waals surface area contributed by atoms with Crippen molar-refractivity contribution in [2.75, 3.05) is 20.1 Å². The standard InChI is InChI=1S/C25H41N5O2/c1-25(2,3)32-24(31)29-21-14-12-20(13-15-21)28-23(26-4)27-17-22-11-8-16-30(22)18-19-9-6-5-7-10-19/h5-7,9-10,20-22H,8,11-18H2,1-4H3,(H,29,31)(H2,26,27,28). The summed E-state index contributed by atoms with van der Waals surface area (Å²) in [5.74, 6) is 0.875. The molecule has 3 N–H and O–H groups in total. The summed E-state index contributed by atoms with van der Waals surface area (Å²) in [5, 5.41) is 10.1. The molecule has 2 aliphatic rings. The van der Waals surface area contributed by atoms with Crippen molar-refractivity contribution in [1.29, 1.82) is 0 Å². The van der Waals surface area contributed by atoms with Gasteiger partial charge in [-0.05, 0) is 71.4 Å². The predicted molar refractivity (Wildman–Crippen MR) is 130 cm³/mol. The van der Waals surface area contributed by atoms with Gasteiger partial charge in [0, 0.05) is 38.3 Å². The Morgan fingerprint density at radius 1 is 1.06 bits per heavy atom. The van der Waals surface area contributed by atoms with E-state index in [-0.39, 0.29) is 12.1 Å². The maximum atomic E-state index is 12.0. The minimum atomic E-state index is -0.461. The Bertz CT molecular complexity index is 738. The van der Waals surface area contributed by atoms with Gasteiger partial charge in [0.2, 0.25) is 0 Å². The Kier molecular flexibility index (Phi) is 8.79. The Morgan fingerprint density at radius 3 is 2.34 bits per heavy atom. The summed E-state index contributed by atoms with van der Waals surface area (Å²) < 4.78 is 5.38. The molecular weight excluding hydrogens is 402 g/mol. The molecule has 1 unspecified atom stereocenters. The maximum absolute atomic E-state index is 12.0. The first-order chi connectivity index (χ1) is 15.3. The number of guanidine groups is 1. The van der Waals surface area contributed by atoms with Crippen molar-refractivity contribution >= 4 is 12.1 Å². The molecule has 0 aromatic heterocycles. The molecule has 32 heavy (non-hydrogen) atoms. The van der Waals surface area contributed by atoms with Gasteiger partial charge in [0.1, 0.15) is 5.60 Å². The fourth-order valence-electron chi connectivity index (χ4n) is 4.61. The lowest BCUT2D eigenvalue weighted by Crippen LogP contribution is -2.50. The van der Waals surface area contributed by atoms with Crippen LogP contribution in [0.1, 0.15) is 64.9 Å². The van der Waals surface area contributed by atoms with E-state index in [9.17, 15) is 4.79 Å². The van der Waals surface area contributed by atoms with Crippen LogP contribution in [0.2, 0.25) is 0 Å². The third kappa shape index (κ3) is 8.01. The highest BCUT2D eigenvalue weighted by Gasteiger charge is 2.27. The van der Waals surface area contributed by atoms with Crippen LogP contribution in [0, 0.1) is 0 Å². The van der Waals surface area contributed by atoms with Crippen molar-refractivity contribution in [3.63, 3.8) is 0 Å². The van der Waals surface area contributed by atoms with Gasteiger partial charge in [-0.2, -0.15) is 0 Å². The molecule has 178 valence electrons. The molecule has 1 saturated carbocycles. The van der Waals surface area contributed by atoms with Crippen LogP contribution in [0.15, 0.2) is 35.3 Å². The number of rotatable bonds is 6. The number of hydrogen-bond donors (Lipinski definition) is 3. The Labute approximate surface area is 193 Å². The number of likely N-dealkylation sites (tertiary alicyclic amines) is 1. The number of amides is 1. The van der Waals surface area contributed by atoms with Crippen molar-refractivity contribution in [2.24, 2.45) is 4.99 Å². The van der Waals surface area contributed by atoms with Crippen LogP contribution in [0.25, 0.3) is 0 Å². The third-order valence-corrected chi connectivity index (χ3v) is 6.25. The van der Waals surface area contributed by atoms with Gasteiger partial charge in [0.05, 0.1) is 0 Å². The van der Waals surface area contributed by atoms with E-state index in [1.54, 1.807) is 0 Å². The number of aliphatic imine (C=N–C) groups is 1. The molecule has 1 aliphatic carbocycles. The van der Waals surface area contributed by atoms with Gasteiger partial charge in [0.25, 0.3) is 0 Å². The van der Waals surface area contributed by atoms with Gasteiger partial charge in [0.15, 0.2) is 5.96 Å². The van der Waals surface area contributed by atoms with Crippen molar-refractivity contribution in [2.45, 2.75) is 89.6 Å². The average molecular weight is 444 g/mol. The molecule has 1 heterocycles. The van der Waals surface area contributed by atoms with Crippen LogP contribution in [0.5, 0.6) is 0 Å². The zero-order valence-corrected chi connectivity index (χ0v) is 20.2. The van der Waals surface area contributed by atoms with E-state index in [0.717, 1.165) is 51.3 Å². The minimum Gasteiger partial charge on any atom is -0.444 e. The first-order valence-corrected chi connectivity index (χ1v) is 12.1. The van der Waals surface area contributed by atoms with Crippen LogP contribution in [-0.2, 0) is 11.3 Å². The molecule has 2 fully saturated rings. The minimum absolute atomic E-state index is 0.183.